The molecule has 0 saturated heterocycles. The Balaban J connectivity index is 1.50. The summed E-state index contributed by atoms with van der Waals surface area (Å²) in [6.07, 6.45) is 7.13. The first-order valence-electron chi connectivity index (χ1n) is 9.71. The second-order valence-corrected chi connectivity index (χ2v) is 7.84. The smallest absolute Gasteiger partial charge is 0.183 e. The van der Waals surface area contributed by atoms with E-state index in [2.05, 4.69) is 30.5 Å². The van der Waals surface area contributed by atoms with Gasteiger partial charge in [-0.2, -0.15) is 5.10 Å². The number of anilines is 1. The third-order valence-corrected chi connectivity index (χ3v) is 6.28. The minimum atomic E-state index is -0.523. The number of nitrogens with zero attached hydrogens (tertiary/aromatic N) is 4. The molecule has 8 heteroatoms. The molecule has 144 valence electrons. The fourth-order valence-corrected chi connectivity index (χ4v) is 5.01. The fourth-order valence-electron chi connectivity index (χ4n) is 5.01. The van der Waals surface area contributed by atoms with E-state index in [4.69, 9.17) is 0 Å². The van der Waals surface area contributed by atoms with E-state index in [1.807, 2.05) is 6.07 Å². The second-order valence-electron chi connectivity index (χ2n) is 7.84. The summed E-state index contributed by atoms with van der Waals surface area (Å²) < 4.78 is 14.5. The van der Waals surface area contributed by atoms with E-state index < -0.39 is 5.82 Å². The van der Waals surface area contributed by atoms with Crippen molar-refractivity contribution in [3.63, 3.8) is 0 Å². The first kappa shape index (κ1) is 17.2. The van der Waals surface area contributed by atoms with Crippen LogP contribution in [0.1, 0.15) is 32.6 Å². The predicted octanol–water partition coefficient (Wildman–Crippen LogP) is 3.36. The van der Waals surface area contributed by atoms with E-state index in [-0.39, 0.29) is 23.6 Å². The lowest BCUT2D eigenvalue weighted by atomic mass is 9.60. The number of aromatic amines is 1. The van der Waals surface area contributed by atoms with Crippen molar-refractivity contribution in [1.29, 1.82) is 0 Å². The van der Waals surface area contributed by atoms with Crippen molar-refractivity contribution in [2.24, 2.45) is 17.8 Å². The molecule has 28 heavy (non-hydrogen) atoms. The molecule has 6 rings (SSSR count). The van der Waals surface area contributed by atoms with Gasteiger partial charge in [0.05, 0.1) is 11.6 Å². The number of pyridine rings is 1. The monoisotopic (exact) mass is 380 g/mol. The molecule has 3 heterocycles. The minimum Gasteiger partial charge on any atom is -0.364 e. The van der Waals surface area contributed by atoms with E-state index in [9.17, 15) is 9.18 Å². The van der Waals surface area contributed by atoms with Crippen molar-refractivity contribution in [1.82, 2.24) is 25.1 Å². The summed E-state index contributed by atoms with van der Waals surface area (Å²) in [5.41, 5.74) is 1.15. The van der Waals surface area contributed by atoms with Gasteiger partial charge in [-0.15, -0.1) is 0 Å². The average molecular weight is 380 g/mol. The number of carbonyl (C=O) groups is 1. The fraction of sp³-hybridized carbons (Fsp3) is 0.450. The van der Waals surface area contributed by atoms with E-state index >= 15 is 0 Å². The zero-order valence-corrected chi connectivity index (χ0v) is 15.5. The molecule has 2 N–H and O–H groups in total. The highest BCUT2D eigenvalue weighted by Gasteiger charge is 2.46. The second kappa shape index (κ2) is 6.61. The van der Waals surface area contributed by atoms with Gasteiger partial charge in [-0.25, -0.2) is 19.3 Å². The Morgan fingerprint density at radius 1 is 1.21 bits per heavy atom. The third kappa shape index (κ3) is 2.75. The highest BCUT2D eigenvalue weighted by atomic mass is 19.1. The Kier molecular flexibility index (Phi) is 4.07. The van der Waals surface area contributed by atoms with Crippen molar-refractivity contribution in [2.45, 2.75) is 38.6 Å². The van der Waals surface area contributed by atoms with Crippen LogP contribution in [0, 0.1) is 23.6 Å². The summed E-state index contributed by atoms with van der Waals surface area (Å²) in [5, 5.41) is 11.1. The van der Waals surface area contributed by atoms with Gasteiger partial charge in [-0.1, -0.05) is 0 Å². The van der Waals surface area contributed by atoms with Gasteiger partial charge < -0.3 is 5.32 Å². The molecule has 3 fully saturated rings. The van der Waals surface area contributed by atoms with Crippen LogP contribution >= 0.6 is 0 Å². The molecule has 2 bridgehead atoms. The number of ketones is 1. The Morgan fingerprint density at radius 2 is 2.00 bits per heavy atom. The number of H-pyrrole nitrogens is 1. The number of aromatic nitrogens is 5. The van der Waals surface area contributed by atoms with Crippen LogP contribution < -0.4 is 5.32 Å². The molecular formula is C20H21FN6O. The van der Waals surface area contributed by atoms with Gasteiger partial charge in [0, 0.05) is 18.2 Å². The van der Waals surface area contributed by atoms with Crippen LogP contribution in [0.25, 0.3) is 22.6 Å². The normalized spacial score (nSPS) is 26.5. The standard InChI is InChI=1S/C20H21FN6O/c1-10(28)15-11-4-6-12(7-5-11)16(15)24-19-14(21)9-23-20(25-19)17-13-3-2-8-22-18(13)27-26-17/h2-3,8-9,11-12,15-16H,4-7H2,1H3,(H,22,26,27)(H,23,24,25)/t11?,12?,15-,16?/m1/s1. The van der Waals surface area contributed by atoms with Crippen LogP contribution in [0.3, 0.4) is 0 Å². The maximum atomic E-state index is 14.5. The van der Waals surface area contributed by atoms with Crippen LogP contribution in [0.5, 0.6) is 0 Å². The lowest BCUT2D eigenvalue weighted by molar-refractivity contribution is -0.126. The summed E-state index contributed by atoms with van der Waals surface area (Å²) in [6.45, 7) is 1.64. The van der Waals surface area contributed by atoms with Gasteiger partial charge in [0.15, 0.2) is 23.1 Å². The van der Waals surface area contributed by atoms with Crippen LogP contribution in [0.2, 0.25) is 0 Å². The Morgan fingerprint density at radius 3 is 2.79 bits per heavy atom. The Hall–Kier alpha value is -2.90. The van der Waals surface area contributed by atoms with E-state index in [1.54, 1.807) is 19.2 Å². The molecule has 0 amide bonds. The number of hydrogen-bond donors (Lipinski definition) is 2. The van der Waals surface area contributed by atoms with Gasteiger partial charge in [0.25, 0.3) is 0 Å². The molecule has 3 aromatic rings. The first-order valence-corrected chi connectivity index (χ1v) is 9.71. The lowest BCUT2D eigenvalue weighted by Crippen LogP contribution is -2.51. The van der Waals surface area contributed by atoms with Crippen molar-refractivity contribution in [3.05, 3.63) is 30.3 Å². The summed E-state index contributed by atoms with van der Waals surface area (Å²) in [4.78, 5) is 25.0. The number of nitrogens with one attached hydrogen (secondary N) is 2. The topological polar surface area (TPSA) is 96.5 Å². The summed E-state index contributed by atoms with van der Waals surface area (Å²) >= 11 is 0. The van der Waals surface area contributed by atoms with Crippen molar-refractivity contribution < 1.29 is 9.18 Å². The Labute approximate surface area is 161 Å². The Bertz CT molecular complexity index is 1040. The van der Waals surface area contributed by atoms with Gasteiger partial charge in [-0.05, 0) is 56.6 Å². The molecule has 0 aliphatic heterocycles. The molecule has 0 radical (unpaired) electrons. The highest BCUT2D eigenvalue weighted by Crippen LogP contribution is 2.46. The molecule has 3 aliphatic carbocycles. The maximum absolute atomic E-state index is 14.5. The first-order chi connectivity index (χ1) is 13.6. The SMILES string of the molecule is CC(=O)[C@@H]1C2CCC(CC2)C1Nc1nc(-c2n[nH]c3ncccc23)ncc1F. The van der Waals surface area contributed by atoms with Crippen LogP contribution in [-0.4, -0.2) is 37.0 Å². The number of rotatable bonds is 4. The number of carbonyl (C=O) groups excluding carboxylic acids is 1. The maximum Gasteiger partial charge on any atom is 0.183 e. The van der Waals surface area contributed by atoms with Gasteiger partial charge in [-0.3, -0.25) is 9.89 Å². The molecule has 1 unspecified atom stereocenters. The molecule has 2 atom stereocenters. The van der Waals surface area contributed by atoms with Crippen molar-refractivity contribution in [3.8, 4) is 11.5 Å². The minimum absolute atomic E-state index is 0.0827. The zero-order valence-electron chi connectivity index (χ0n) is 15.5. The number of hydrogen-bond acceptors (Lipinski definition) is 6. The predicted molar refractivity (Wildman–Crippen MR) is 102 cm³/mol. The third-order valence-electron chi connectivity index (χ3n) is 6.28. The van der Waals surface area contributed by atoms with E-state index in [0.29, 0.717) is 29.0 Å². The number of halogens is 1. The molecule has 7 nitrogen and oxygen atoms in total. The van der Waals surface area contributed by atoms with Gasteiger partial charge in [0.2, 0.25) is 0 Å². The number of fused-ring (bicyclic) bond motifs is 4. The molecule has 0 spiro atoms. The summed E-state index contributed by atoms with van der Waals surface area (Å²) in [7, 11) is 0. The molecule has 3 aliphatic rings. The molecular weight excluding hydrogens is 359 g/mol. The highest BCUT2D eigenvalue weighted by molar-refractivity contribution is 5.88. The van der Waals surface area contributed by atoms with Crippen LogP contribution in [0.15, 0.2) is 24.5 Å². The van der Waals surface area contributed by atoms with Gasteiger partial charge >= 0.3 is 0 Å². The summed E-state index contributed by atoms with van der Waals surface area (Å²) in [6, 6.07) is 3.59. The molecule has 3 saturated carbocycles. The molecule has 3 aromatic heterocycles. The van der Waals surface area contributed by atoms with E-state index in [1.165, 1.54) is 0 Å². The van der Waals surface area contributed by atoms with Crippen molar-refractivity contribution >= 4 is 22.6 Å². The zero-order chi connectivity index (χ0) is 19.3. The lowest BCUT2D eigenvalue weighted by Gasteiger charge is -2.48. The largest absolute Gasteiger partial charge is 0.364 e. The van der Waals surface area contributed by atoms with Crippen LogP contribution in [0.4, 0.5) is 10.2 Å². The van der Waals surface area contributed by atoms with Crippen molar-refractivity contribution in [2.75, 3.05) is 5.32 Å². The number of Topliss-reactive ketones (excluding diaryl/α,β-unsaturated/α-hetero) is 1. The van der Waals surface area contributed by atoms with E-state index in [0.717, 1.165) is 37.3 Å². The summed E-state index contributed by atoms with van der Waals surface area (Å²) in [5.74, 6) is 0.771. The average Bonchev–Trinajstić information content (AvgIpc) is 3.14. The van der Waals surface area contributed by atoms with Gasteiger partial charge in [0.1, 0.15) is 11.5 Å². The molecule has 0 aromatic carbocycles. The quantitative estimate of drug-likeness (QED) is 0.720. The van der Waals surface area contributed by atoms with Crippen LogP contribution in [-0.2, 0) is 4.79 Å².